The highest BCUT2D eigenvalue weighted by atomic mass is 16.5. The molecule has 0 fully saturated rings. The Bertz CT molecular complexity index is 1010. The Balaban J connectivity index is 1.53. The summed E-state index contributed by atoms with van der Waals surface area (Å²) < 4.78 is 10.7. The smallest absolute Gasteiger partial charge is 0.227 e. The molecule has 7 heteroatoms. The van der Waals surface area contributed by atoms with Crippen molar-refractivity contribution in [1.82, 2.24) is 20.4 Å². The van der Waals surface area contributed by atoms with Gasteiger partial charge < -0.3 is 19.5 Å². The van der Waals surface area contributed by atoms with Crippen molar-refractivity contribution in [3.63, 3.8) is 0 Å². The molecule has 7 nitrogen and oxygen atoms in total. The molecule has 3 aromatic rings. The lowest BCUT2D eigenvalue weighted by Crippen LogP contribution is -2.34. The Morgan fingerprint density at radius 1 is 1.12 bits per heavy atom. The molecule has 0 aliphatic carbocycles. The second-order valence-electron chi connectivity index (χ2n) is 8.35. The summed E-state index contributed by atoms with van der Waals surface area (Å²) in [5.74, 6) is 2.22. The Hall–Kier alpha value is -3.19. The molecule has 2 aromatic carbocycles. The topological polar surface area (TPSA) is 80.5 Å². The van der Waals surface area contributed by atoms with Crippen LogP contribution in [0.15, 0.2) is 53.1 Å². The third kappa shape index (κ3) is 6.17. The maximum absolute atomic E-state index is 12.4. The van der Waals surface area contributed by atoms with Gasteiger partial charge in [-0.2, -0.15) is 4.98 Å². The fraction of sp³-hybridized carbons (Fsp3) is 0.400. The summed E-state index contributed by atoms with van der Waals surface area (Å²) in [5.41, 5.74) is 3.25. The fourth-order valence-corrected chi connectivity index (χ4v) is 3.46. The van der Waals surface area contributed by atoms with E-state index in [4.69, 9.17) is 9.26 Å². The monoisotopic (exact) mass is 436 g/mol. The van der Waals surface area contributed by atoms with E-state index in [0.29, 0.717) is 30.6 Å². The molecule has 0 unspecified atom stereocenters. The third-order valence-electron chi connectivity index (χ3n) is 5.46. The van der Waals surface area contributed by atoms with Crippen LogP contribution in [0.5, 0.6) is 5.75 Å². The molecule has 3 rings (SSSR count). The van der Waals surface area contributed by atoms with Crippen LogP contribution >= 0.6 is 0 Å². The van der Waals surface area contributed by atoms with Crippen LogP contribution in [-0.4, -0.2) is 48.7 Å². The van der Waals surface area contributed by atoms with Gasteiger partial charge in [0.15, 0.2) is 0 Å². The maximum Gasteiger partial charge on any atom is 0.227 e. The SMILES string of the molecule is COc1cccc([C@H](CNC(=O)CCc2nc(-c3ccc(C(C)C)cc3)no2)N(C)C)c1. The largest absolute Gasteiger partial charge is 0.497 e. The minimum atomic E-state index is -0.0548. The number of hydrogen-bond donors (Lipinski definition) is 1. The fourth-order valence-electron chi connectivity index (χ4n) is 3.46. The van der Waals surface area contributed by atoms with Crippen molar-refractivity contribution in [1.29, 1.82) is 0 Å². The lowest BCUT2D eigenvalue weighted by atomic mass is 10.0. The molecule has 0 saturated heterocycles. The molecular weight excluding hydrogens is 404 g/mol. The molecule has 1 amide bonds. The Morgan fingerprint density at radius 3 is 2.53 bits per heavy atom. The molecule has 170 valence electrons. The van der Waals surface area contributed by atoms with Crippen molar-refractivity contribution in [2.75, 3.05) is 27.7 Å². The molecule has 0 aliphatic rings. The van der Waals surface area contributed by atoms with E-state index in [1.807, 2.05) is 50.5 Å². The summed E-state index contributed by atoms with van der Waals surface area (Å²) in [4.78, 5) is 18.9. The molecule has 1 heterocycles. The average Bonchev–Trinajstić information content (AvgIpc) is 3.27. The Labute approximate surface area is 189 Å². The van der Waals surface area contributed by atoms with E-state index in [0.717, 1.165) is 16.9 Å². The van der Waals surface area contributed by atoms with Gasteiger partial charge in [0.2, 0.25) is 17.6 Å². The number of amides is 1. The van der Waals surface area contributed by atoms with Gasteiger partial charge in [0, 0.05) is 24.9 Å². The predicted molar refractivity (Wildman–Crippen MR) is 125 cm³/mol. The summed E-state index contributed by atoms with van der Waals surface area (Å²) >= 11 is 0. The van der Waals surface area contributed by atoms with E-state index in [1.54, 1.807) is 7.11 Å². The van der Waals surface area contributed by atoms with Crippen LogP contribution in [0.4, 0.5) is 0 Å². The van der Waals surface area contributed by atoms with Crippen molar-refractivity contribution in [3.8, 4) is 17.1 Å². The van der Waals surface area contributed by atoms with E-state index in [2.05, 4.69) is 46.3 Å². The second kappa shape index (κ2) is 10.9. The number of hydrogen-bond acceptors (Lipinski definition) is 6. The predicted octanol–water partition coefficient (Wildman–Crippen LogP) is 4.22. The summed E-state index contributed by atoms with van der Waals surface area (Å²) in [6, 6.07) is 16.1. The van der Waals surface area contributed by atoms with E-state index < -0.39 is 0 Å². The first-order valence-corrected chi connectivity index (χ1v) is 10.9. The number of ether oxygens (including phenoxy) is 1. The highest BCUT2D eigenvalue weighted by molar-refractivity contribution is 5.76. The quantitative estimate of drug-likeness (QED) is 0.513. The molecule has 0 radical (unpaired) electrons. The van der Waals surface area contributed by atoms with E-state index in [9.17, 15) is 4.79 Å². The molecule has 0 bridgehead atoms. The summed E-state index contributed by atoms with van der Waals surface area (Å²) in [6.07, 6.45) is 0.681. The molecule has 0 saturated carbocycles. The number of rotatable bonds is 10. The number of aromatic nitrogens is 2. The first-order valence-electron chi connectivity index (χ1n) is 10.9. The van der Waals surface area contributed by atoms with Gasteiger partial charge in [0.05, 0.1) is 13.2 Å². The van der Waals surface area contributed by atoms with Crippen molar-refractivity contribution in [3.05, 3.63) is 65.5 Å². The van der Waals surface area contributed by atoms with Crippen molar-refractivity contribution < 1.29 is 14.1 Å². The molecule has 1 aromatic heterocycles. The van der Waals surface area contributed by atoms with Crippen LogP contribution in [0.1, 0.15) is 49.2 Å². The number of nitrogens with zero attached hydrogens (tertiary/aromatic N) is 3. The molecular formula is C25H32N4O3. The van der Waals surface area contributed by atoms with Gasteiger partial charge in [-0.05, 0) is 43.3 Å². The Kier molecular flexibility index (Phi) is 8.00. The number of likely N-dealkylation sites (N-methyl/N-ethyl adjacent to an activating group) is 1. The van der Waals surface area contributed by atoms with E-state index in [1.165, 1.54) is 5.56 Å². The summed E-state index contributed by atoms with van der Waals surface area (Å²) in [6.45, 7) is 4.81. The zero-order chi connectivity index (χ0) is 23.1. The first-order chi connectivity index (χ1) is 15.4. The van der Waals surface area contributed by atoms with Crippen LogP contribution in [0.3, 0.4) is 0 Å². The lowest BCUT2D eigenvalue weighted by Gasteiger charge is -2.25. The third-order valence-corrected chi connectivity index (χ3v) is 5.46. The minimum Gasteiger partial charge on any atom is -0.497 e. The van der Waals surface area contributed by atoms with Crippen molar-refractivity contribution >= 4 is 5.91 Å². The zero-order valence-electron chi connectivity index (χ0n) is 19.5. The van der Waals surface area contributed by atoms with Crippen molar-refractivity contribution in [2.45, 2.75) is 38.6 Å². The van der Waals surface area contributed by atoms with Crippen molar-refractivity contribution in [2.24, 2.45) is 0 Å². The lowest BCUT2D eigenvalue weighted by molar-refractivity contribution is -0.121. The minimum absolute atomic E-state index is 0.0397. The van der Waals surface area contributed by atoms with E-state index in [-0.39, 0.29) is 18.4 Å². The van der Waals surface area contributed by atoms with E-state index >= 15 is 0 Å². The van der Waals surface area contributed by atoms with Crippen LogP contribution in [0, 0.1) is 0 Å². The van der Waals surface area contributed by atoms with Gasteiger partial charge in [-0.1, -0.05) is 55.4 Å². The van der Waals surface area contributed by atoms with Gasteiger partial charge >= 0.3 is 0 Å². The van der Waals surface area contributed by atoms with Gasteiger partial charge in [0.1, 0.15) is 5.75 Å². The highest BCUT2D eigenvalue weighted by Gasteiger charge is 2.17. The molecule has 32 heavy (non-hydrogen) atoms. The number of aryl methyl sites for hydroxylation is 1. The number of nitrogens with one attached hydrogen (secondary N) is 1. The Morgan fingerprint density at radius 2 is 1.88 bits per heavy atom. The highest BCUT2D eigenvalue weighted by Crippen LogP contribution is 2.23. The molecule has 0 aliphatic heterocycles. The summed E-state index contributed by atoms with van der Waals surface area (Å²) in [7, 11) is 5.63. The van der Waals surface area contributed by atoms with Crippen LogP contribution < -0.4 is 10.1 Å². The van der Waals surface area contributed by atoms with Gasteiger partial charge in [-0.25, -0.2) is 0 Å². The number of carbonyl (C=O) groups excluding carboxylic acids is 1. The first kappa shape index (κ1) is 23.5. The second-order valence-corrected chi connectivity index (χ2v) is 8.35. The van der Waals surface area contributed by atoms with Gasteiger partial charge in [-0.15, -0.1) is 0 Å². The standard InChI is InChI=1S/C25H32N4O3/c1-17(2)18-9-11-19(12-10-18)25-27-24(32-28-25)14-13-23(30)26-16-22(29(3)4)20-7-6-8-21(15-20)31-5/h6-12,15,17,22H,13-14,16H2,1-5H3,(H,26,30)/t22-/m0/s1. The number of carbonyl (C=O) groups is 1. The zero-order valence-corrected chi connectivity index (χ0v) is 19.5. The maximum atomic E-state index is 12.4. The van der Waals surface area contributed by atoms with Crippen LogP contribution in [0.25, 0.3) is 11.4 Å². The molecule has 1 N–H and O–H groups in total. The van der Waals surface area contributed by atoms with Crippen LogP contribution in [0.2, 0.25) is 0 Å². The number of benzene rings is 2. The van der Waals surface area contributed by atoms with Gasteiger partial charge in [-0.3, -0.25) is 4.79 Å². The van der Waals surface area contributed by atoms with Gasteiger partial charge in [0.25, 0.3) is 0 Å². The molecule has 0 spiro atoms. The average molecular weight is 437 g/mol. The normalized spacial score (nSPS) is 12.2. The van der Waals surface area contributed by atoms with Crippen LogP contribution in [-0.2, 0) is 11.2 Å². The number of methoxy groups -OCH3 is 1. The molecule has 1 atom stereocenters. The summed E-state index contributed by atoms with van der Waals surface area (Å²) in [5, 5.41) is 7.07.